The first-order chi connectivity index (χ1) is 15.0. The lowest BCUT2D eigenvalue weighted by Crippen LogP contribution is -2.48. The van der Waals surface area contributed by atoms with Crippen molar-refractivity contribution in [3.8, 4) is 17.2 Å². The molecule has 2 aromatic carbocycles. The van der Waals surface area contributed by atoms with E-state index in [0.29, 0.717) is 18.1 Å². The smallest absolute Gasteiger partial charge is 0.253 e. The predicted molar refractivity (Wildman–Crippen MR) is 120 cm³/mol. The van der Waals surface area contributed by atoms with Crippen LogP contribution >= 0.6 is 0 Å². The molecule has 31 heavy (non-hydrogen) atoms. The van der Waals surface area contributed by atoms with Crippen molar-refractivity contribution in [2.75, 3.05) is 32.7 Å². The molecule has 3 aromatic rings. The third-order valence-corrected chi connectivity index (χ3v) is 5.77. The molecule has 1 fully saturated rings. The van der Waals surface area contributed by atoms with Crippen LogP contribution in [0.4, 0.5) is 0 Å². The summed E-state index contributed by atoms with van der Waals surface area (Å²) in [5.41, 5.74) is 3.50. The minimum absolute atomic E-state index is 0.0816. The number of ether oxygens (including phenoxy) is 1. The molecule has 4 rings (SSSR count). The van der Waals surface area contributed by atoms with Gasteiger partial charge in [-0.2, -0.15) is 0 Å². The number of hydrogen-bond acceptors (Lipinski definition) is 5. The molecule has 0 atom stereocenters. The quantitative estimate of drug-likeness (QED) is 0.596. The van der Waals surface area contributed by atoms with Gasteiger partial charge in [-0.3, -0.25) is 4.79 Å². The zero-order chi connectivity index (χ0) is 21.8. The minimum atomic E-state index is 0.0816. The predicted octanol–water partition coefficient (Wildman–Crippen LogP) is 4.32. The van der Waals surface area contributed by atoms with Crippen molar-refractivity contribution in [3.63, 3.8) is 0 Å². The Morgan fingerprint density at radius 3 is 2.32 bits per heavy atom. The average Bonchev–Trinajstić information content (AvgIpc) is 3.19. The van der Waals surface area contributed by atoms with Crippen LogP contribution in [-0.2, 0) is 6.61 Å². The van der Waals surface area contributed by atoms with Crippen molar-refractivity contribution >= 4 is 5.91 Å². The molecule has 6 heteroatoms. The summed E-state index contributed by atoms with van der Waals surface area (Å²) in [5.74, 6) is 2.15. The highest BCUT2D eigenvalue weighted by Gasteiger charge is 2.21. The number of nitrogens with zero attached hydrogens (tertiary/aromatic N) is 3. The van der Waals surface area contributed by atoms with Gasteiger partial charge in [0.25, 0.3) is 5.91 Å². The van der Waals surface area contributed by atoms with E-state index in [1.54, 1.807) is 0 Å². The number of carbonyl (C=O) groups excluding carboxylic acids is 1. The zero-order valence-corrected chi connectivity index (χ0v) is 18.4. The Labute approximate surface area is 183 Å². The maximum absolute atomic E-state index is 12.8. The number of benzene rings is 2. The van der Waals surface area contributed by atoms with Crippen molar-refractivity contribution in [1.29, 1.82) is 0 Å². The molecule has 0 N–H and O–H groups in total. The van der Waals surface area contributed by atoms with Gasteiger partial charge in [-0.1, -0.05) is 24.6 Å². The number of likely N-dealkylation sites (N-methyl/N-ethyl adjacent to an activating group) is 1. The summed E-state index contributed by atoms with van der Waals surface area (Å²) in [6, 6.07) is 15.4. The Bertz CT molecular complexity index is 1020. The van der Waals surface area contributed by atoms with Crippen LogP contribution < -0.4 is 4.74 Å². The lowest BCUT2D eigenvalue weighted by Gasteiger charge is -2.34. The lowest BCUT2D eigenvalue weighted by atomic mass is 10.1. The van der Waals surface area contributed by atoms with Crippen molar-refractivity contribution in [2.24, 2.45) is 0 Å². The van der Waals surface area contributed by atoms with Gasteiger partial charge in [0.15, 0.2) is 0 Å². The lowest BCUT2D eigenvalue weighted by molar-refractivity contribution is 0.0643. The molecule has 1 saturated heterocycles. The molecule has 1 aliphatic heterocycles. The summed E-state index contributed by atoms with van der Waals surface area (Å²) < 4.78 is 11.7. The Kier molecular flexibility index (Phi) is 6.37. The molecule has 1 aromatic heterocycles. The van der Waals surface area contributed by atoms with E-state index >= 15 is 0 Å². The second-order valence-electron chi connectivity index (χ2n) is 7.93. The monoisotopic (exact) mass is 419 g/mol. The topological polar surface area (TPSA) is 58.8 Å². The zero-order valence-electron chi connectivity index (χ0n) is 18.4. The summed E-state index contributed by atoms with van der Waals surface area (Å²) in [6.45, 7) is 10.9. The highest BCUT2D eigenvalue weighted by molar-refractivity contribution is 5.94. The van der Waals surface area contributed by atoms with E-state index in [1.807, 2.05) is 67.3 Å². The Balaban J connectivity index is 1.40. The Hall–Kier alpha value is -3.12. The van der Waals surface area contributed by atoms with Gasteiger partial charge in [-0.25, -0.2) is 4.98 Å². The van der Waals surface area contributed by atoms with Gasteiger partial charge in [-0.05, 0) is 56.8 Å². The fraction of sp³-hybridized carbons (Fsp3) is 0.360. The molecule has 162 valence electrons. The summed E-state index contributed by atoms with van der Waals surface area (Å²) in [5, 5.41) is 0. The molecule has 0 bridgehead atoms. The highest BCUT2D eigenvalue weighted by Crippen LogP contribution is 2.24. The van der Waals surface area contributed by atoms with E-state index < -0.39 is 0 Å². The van der Waals surface area contributed by atoms with Crippen molar-refractivity contribution in [1.82, 2.24) is 14.8 Å². The molecule has 0 saturated carbocycles. The molecule has 0 aliphatic carbocycles. The summed E-state index contributed by atoms with van der Waals surface area (Å²) in [4.78, 5) is 21.7. The van der Waals surface area contributed by atoms with Crippen LogP contribution in [0.3, 0.4) is 0 Å². The van der Waals surface area contributed by atoms with Gasteiger partial charge >= 0.3 is 0 Å². The molecule has 2 heterocycles. The van der Waals surface area contributed by atoms with Crippen LogP contribution in [-0.4, -0.2) is 53.4 Å². The van der Waals surface area contributed by atoms with Crippen LogP contribution in [0.5, 0.6) is 5.75 Å². The van der Waals surface area contributed by atoms with Crippen LogP contribution in [0.1, 0.15) is 34.3 Å². The van der Waals surface area contributed by atoms with Crippen LogP contribution in [0, 0.1) is 13.8 Å². The molecule has 0 radical (unpaired) electrons. The highest BCUT2D eigenvalue weighted by atomic mass is 16.5. The summed E-state index contributed by atoms with van der Waals surface area (Å²) >= 11 is 0. The average molecular weight is 420 g/mol. The van der Waals surface area contributed by atoms with E-state index in [-0.39, 0.29) is 5.91 Å². The molecule has 1 aliphatic rings. The van der Waals surface area contributed by atoms with E-state index in [9.17, 15) is 4.79 Å². The number of carbonyl (C=O) groups is 1. The van der Waals surface area contributed by atoms with Gasteiger partial charge in [0.05, 0.1) is 0 Å². The fourth-order valence-corrected chi connectivity index (χ4v) is 3.68. The maximum atomic E-state index is 12.8. The van der Waals surface area contributed by atoms with Crippen molar-refractivity contribution < 1.29 is 13.9 Å². The second-order valence-corrected chi connectivity index (χ2v) is 7.93. The number of hydrogen-bond donors (Lipinski definition) is 0. The van der Waals surface area contributed by atoms with Gasteiger partial charge in [0, 0.05) is 37.3 Å². The SMILES string of the molecule is CCN1CCN(C(=O)c2ccc(-c3nc(COc4ccc(C)cc4)c(C)o3)cc2)CC1. The minimum Gasteiger partial charge on any atom is -0.487 e. The summed E-state index contributed by atoms with van der Waals surface area (Å²) in [7, 11) is 0. The van der Waals surface area contributed by atoms with Crippen LogP contribution in [0.25, 0.3) is 11.5 Å². The third kappa shape index (κ3) is 4.97. The third-order valence-electron chi connectivity index (χ3n) is 5.77. The largest absolute Gasteiger partial charge is 0.487 e. The number of aryl methyl sites for hydroxylation is 2. The van der Waals surface area contributed by atoms with E-state index in [0.717, 1.165) is 55.5 Å². The fourth-order valence-electron chi connectivity index (χ4n) is 3.68. The van der Waals surface area contributed by atoms with Gasteiger partial charge in [0.1, 0.15) is 23.8 Å². The van der Waals surface area contributed by atoms with Gasteiger partial charge < -0.3 is 19.0 Å². The second kappa shape index (κ2) is 9.35. The standard InChI is InChI=1S/C25H29N3O3/c1-4-27-13-15-28(16-14-27)25(29)21-9-7-20(8-10-21)24-26-23(19(3)31-24)17-30-22-11-5-18(2)6-12-22/h5-12H,4,13-17H2,1-3H3. The maximum Gasteiger partial charge on any atom is 0.253 e. The van der Waals surface area contributed by atoms with Gasteiger partial charge in [0.2, 0.25) is 5.89 Å². The first-order valence-electron chi connectivity index (χ1n) is 10.8. The van der Waals surface area contributed by atoms with E-state index in [1.165, 1.54) is 5.56 Å². The van der Waals surface area contributed by atoms with E-state index in [2.05, 4.69) is 16.8 Å². The molecule has 1 amide bonds. The number of rotatable bonds is 6. The summed E-state index contributed by atoms with van der Waals surface area (Å²) in [6.07, 6.45) is 0. The molecule has 0 spiro atoms. The number of aromatic nitrogens is 1. The number of piperazine rings is 1. The normalized spacial score (nSPS) is 14.6. The number of amides is 1. The van der Waals surface area contributed by atoms with Gasteiger partial charge in [-0.15, -0.1) is 0 Å². The first-order valence-corrected chi connectivity index (χ1v) is 10.8. The molecule has 6 nitrogen and oxygen atoms in total. The first kappa shape index (κ1) is 21.1. The molecular formula is C25H29N3O3. The van der Waals surface area contributed by atoms with Crippen molar-refractivity contribution in [3.05, 3.63) is 71.1 Å². The van der Waals surface area contributed by atoms with E-state index in [4.69, 9.17) is 9.15 Å². The van der Waals surface area contributed by atoms with Crippen LogP contribution in [0.2, 0.25) is 0 Å². The Morgan fingerprint density at radius 1 is 1.00 bits per heavy atom. The number of oxazole rings is 1. The Morgan fingerprint density at radius 2 is 1.68 bits per heavy atom. The molecule has 0 unspecified atom stereocenters. The van der Waals surface area contributed by atoms with Crippen LogP contribution in [0.15, 0.2) is 52.9 Å². The van der Waals surface area contributed by atoms with Crippen molar-refractivity contribution in [2.45, 2.75) is 27.4 Å². The molecular weight excluding hydrogens is 390 g/mol.